The van der Waals surface area contributed by atoms with Crippen LogP contribution in [0.25, 0.3) is 11.0 Å². The molecule has 0 aliphatic carbocycles. The Morgan fingerprint density at radius 3 is 2.94 bits per heavy atom. The highest BCUT2D eigenvalue weighted by molar-refractivity contribution is 7.07. The van der Waals surface area contributed by atoms with Crippen molar-refractivity contribution >= 4 is 22.4 Å². The highest BCUT2D eigenvalue weighted by atomic mass is 32.1. The summed E-state index contributed by atoms with van der Waals surface area (Å²) in [4.78, 5) is 8.86. The first kappa shape index (κ1) is 11.4. The fourth-order valence-corrected chi connectivity index (χ4v) is 2.54. The van der Waals surface area contributed by atoms with Crippen LogP contribution in [0.2, 0.25) is 0 Å². The van der Waals surface area contributed by atoms with Crippen LogP contribution in [0.1, 0.15) is 11.5 Å². The molecular weight excluding hydrogens is 244 g/mol. The maximum atomic E-state index is 4.61. The van der Waals surface area contributed by atoms with Gasteiger partial charge >= 0.3 is 0 Å². The topological polar surface area (TPSA) is 42.7 Å². The first-order chi connectivity index (χ1) is 8.84. The Morgan fingerprint density at radius 1 is 1.28 bits per heavy atom. The van der Waals surface area contributed by atoms with Crippen LogP contribution in [0.5, 0.6) is 0 Å². The predicted octanol–water partition coefficient (Wildman–Crippen LogP) is 2.32. The van der Waals surface area contributed by atoms with Gasteiger partial charge < -0.3 is 9.88 Å². The van der Waals surface area contributed by atoms with Gasteiger partial charge in [0.15, 0.2) is 0 Å². The van der Waals surface area contributed by atoms with Crippen molar-refractivity contribution in [3.63, 3.8) is 0 Å². The predicted molar refractivity (Wildman–Crippen MR) is 73.4 cm³/mol. The number of imidazole rings is 1. The molecule has 2 aromatic heterocycles. The van der Waals surface area contributed by atoms with Gasteiger partial charge in [0.25, 0.3) is 0 Å². The lowest BCUT2D eigenvalue weighted by molar-refractivity contribution is 0.637. The molecule has 0 unspecified atom stereocenters. The smallest absolute Gasteiger partial charge is 0.123 e. The minimum Gasteiger partial charge on any atom is -0.330 e. The molecule has 0 radical (unpaired) electrons. The maximum Gasteiger partial charge on any atom is 0.123 e. The number of rotatable bonds is 4. The zero-order valence-corrected chi connectivity index (χ0v) is 10.9. The highest BCUT2D eigenvalue weighted by Crippen LogP contribution is 2.14. The van der Waals surface area contributed by atoms with Gasteiger partial charge in [-0.1, -0.05) is 12.1 Å². The third kappa shape index (κ3) is 2.14. The summed E-state index contributed by atoms with van der Waals surface area (Å²) in [6.07, 6.45) is 0. The van der Waals surface area contributed by atoms with Crippen LogP contribution in [0.4, 0.5) is 0 Å². The minimum atomic E-state index is 0.753. The summed E-state index contributed by atoms with van der Waals surface area (Å²) in [7, 11) is 2.05. The minimum absolute atomic E-state index is 0.753. The molecule has 3 rings (SSSR count). The average molecular weight is 258 g/mol. The average Bonchev–Trinajstić information content (AvgIpc) is 3.00. The van der Waals surface area contributed by atoms with Gasteiger partial charge in [-0.05, 0) is 12.1 Å². The van der Waals surface area contributed by atoms with Gasteiger partial charge in [-0.3, -0.25) is 0 Å². The fraction of sp³-hybridized carbons (Fsp3) is 0.231. The Kier molecular flexibility index (Phi) is 3.08. The molecule has 0 amide bonds. The molecular formula is C13H14N4S. The molecule has 18 heavy (non-hydrogen) atoms. The number of aromatic nitrogens is 3. The third-order valence-corrected chi connectivity index (χ3v) is 3.59. The Labute approximate surface area is 109 Å². The van der Waals surface area contributed by atoms with Crippen LogP contribution in [-0.2, 0) is 20.1 Å². The van der Waals surface area contributed by atoms with Crippen LogP contribution >= 0.6 is 11.3 Å². The molecule has 92 valence electrons. The molecule has 0 saturated carbocycles. The summed E-state index contributed by atoms with van der Waals surface area (Å²) in [5.41, 5.74) is 5.15. The number of fused-ring (bicyclic) bond motifs is 1. The highest BCUT2D eigenvalue weighted by Gasteiger charge is 2.06. The monoisotopic (exact) mass is 258 g/mol. The van der Waals surface area contributed by atoms with Gasteiger partial charge in [0.1, 0.15) is 5.82 Å². The molecule has 0 aliphatic rings. The van der Waals surface area contributed by atoms with Crippen LogP contribution in [0.15, 0.2) is 35.2 Å². The molecule has 0 fully saturated rings. The Morgan fingerprint density at radius 2 is 2.17 bits per heavy atom. The Bertz CT molecular complexity index is 642. The quantitative estimate of drug-likeness (QED) is 0.781. The summed E-state index contributed by atoms with van der Waals surface area (Å²) in [6, 6.07) is 8.18. The van der Waals surface area contributed by atoms with E-state index in [0.29, 0.717) is 0 Å². The standard InChI is InChI=1S/C13H14N4S/c1-17-12-5-3-2-4-11(12)16-13(17)7-14-6-10-8-18-9-15-10/h2-5,8-9,14H,6-7H2,1H3. The fourth-order valence-electron chi connectivity index (χ4n) is 1.98. The number of para-hydroxylation sites is 2. The first-order valence-electron chi connectivity index (χ1n) is 5.83. The van der Waals surface area contributed by atoms with E-state index in [4.69, 9.17) is 0 Å². The van der Waals surface area contributed by atoms with Gasteiger partial charge in [-0.25, -0.2) is 9.97 Å². The van der Waals surface area contributed by atoms with Gasteiger partial charge in [-0.15, -0.1) is 11.3 Å². The van der Waals surface area contributed by atoms with Gasteiger partial charge in [0.2, 0.25) is 0 Å². The lowest BCUT2D eigenvalue weighted by Gasteiger charge is -2.03. The van der Waals surface area contributed by atoms with E-state index in [1.807, 2.05) is 23.7 Å². The summed E-state index contributed by atoms with van der Waals surface area (Å²) >= 11 is 1.62. The Balaban J connectivity index is 1.73. The van der Waals surface area contributed by atoms with E-state index in [2.05, 4.69) is 38.3 Å². The zero-order chi connectivity index (χ0) is 12.4. The summed E-state index contributed by atoms with van der Waals surface area (Å²) < 4.78 is 2.13. The Hall–Kier alpha value is -1.72. The maximum absolute atomic E-state index is 4.61. The van der Waals surface area contributed by atoms with E-state index in [1.54, 1.807) is 11.3 Å². The van der Waals surface area contributed by atoms with Crippen molar-refractivity contribution in [2.24, 2.45) is 7.05 Å². The van der Waals surface area contributed by atoms with Crippen LogP contribution in [-0.4, -0.2) is 14.5 Å². The zero-order valence-electron chi connectivity index (χ0n) is 10.1. The normalized spacial score (nSPS) is 11.2. The van der Waals surface area contributed by atoms with Gasteiger partial charge in [0, 0.05) is 19.0 Å². The molecule has 0 atom stereocenters. The molecule has 3 aromatic rings. The van der Waals surface area contributed by atoms with E-state index in [1.165, 1.54) is 5.52 Å². The van der Waals surface area contributed by atoms with E-state index in [9.17, 15) is 0 Å². The van der Waals surface area contributed by atoms with E-state index in [-0.39, 0.29) is 0 Å². The number of benzene rings is 1. The van der Waals surface area contributed by atoms with E-state index in [0.717, 1.165) is 30.1 Å². The van der Waals surface area contributed by atoms with Crippen molar-refractivity contribution in [3.05, 3.63) is 46.7 Å². The van der Waals surface area contributed by atoms with Gasteiger partial charge in [0.05, 0.1) is 28.8 Å². The SMILES string of the molecule is Cn1c(CNCc2cscn2)nc2ccccc21. The second kappa shape index (κ2) is 4.88. The van der Waals surface area contributed by atoms with Crippen molar-refractivity contribution in [3.8, 4) is 0 Å². The van der Waals surface area contributed by atoms with Gasteiger partial charge in [-0.2, -0.15) is 0 Å². The van der Waals surface area contributed by atoms with Crippen LogP contribution in [0.3, 0.4) is 0 Å². The summed E-state index contributed by atoms with van der Waals surface area (Å²) in [5.74, 6) is 1.05. The molecule has 2 heterocycles. The molecule has 0 aliphatic heterocycles. The van der Waals surface area contributed by atoms with Crippen molar-refractivity contribution in [1.82, 2.24) is 19.9 Å². The lowest BCUT2D eigenvalue weighted by atomic mass is 10.3. The van der Waals surface area contributed by atoms with Crippen molar-refractivity contribution in [2.75, 3.05) is 0 Å². The molecule has 5 heteroatoms. The third-order valence-electron chi connectivity index (χ3n) is 2.95. The molecule has 1 aromatic carbocycles. The van der Waals surface area contributed by atoms with Crippen molar-refractivity contribution < 1.29 is 0 Å². The summed E-state index contributed by atoms with van der Waals surface area (Å²) in [6.45, 7) is 1.54. The second-order valence-corrected chi connectivity index (χ2v) is 4.88. The molecule has 0 saturated heterocycles. The second-order valence-electron chi connectivity index (χ2n) is 4.16. The largest absolute Gasteiger partial charge is 0.330 e. The summed E-state index contributed by atoms with van der Waals surface area (Å²) in [5, 5.41) is 5.42. The first-order valence-corrected chi connectivity index (χ1v) is 6.77. The van der Waals surface area contributed by atoms with E-state index < -0.39 is 0 Å². The van der Waals surface area contributed by atoms with Crippen molar-refractivity contribution in [1.29, 1.82) is 0 Å². The number of hydrogen-bond acceptors (Lipinski definition) is 4. The molecule has 4 nitrogen and oxygen atoms in total. The number of thiazole rings is 1. The number of hydrogen-bond donors (Lipinski definition) is 1. The molecule has 0 bridgehead atoms. The lowest BCUT2D eigenvalue weighted by Crippen LogP contribution is -2.15. The van der Waals surface area contributed by atoms with Crippen molar-refractivity contribution in [2.45, 2.75) is 13.1 Å². The van der Waals surface area contributed by atoms with Crippen LogP contribution in [0, 0.1) is 0 Å². The van der Waals surface area contributed by atoms with Crippen LogP contribution < -0.4 is 5.32 Å². The number of nitrogens with zero attached hydrogens (tertiary/aromatic N) is 3. The number of nitrogens with one attached hydrogen (secondary N) is 1. The van der Waals surface area contributed by atoms with E-state index >= 15 is 0 Å². The molecule has 0 spiro atoms. The molecule has 1 N–H and O–H groups in total. The number of aryl methyl sites for hydroxylation is 1.